The molecule has 176 valence electrons. The van der Waals surface area contributed by atoms with Crippen molar-refractivity contribution in [3.63, 3.8) is 0 Å². The van der Waals surface area contributed by atoms with Gasteiger partial charge in [0, 0.05) is 64.5 Å². The van der Waals surface area contributed by atoms with Crippen molar-refractivity contribution in [2.45, 2.75) is 19.0 Å². The molecule has 2 saturated heterocycles. The highest BCUT2D eigenvalue weighted by molar-refractivity contribution is 6.20. The summed E-state index contributed by atoms with van der Waals surface area (Å²) in [6, 6.07) is 13.4. The molecule has 1 atom stereocenters. The number of benzene rings is 2. The average Bonchev–Trinajstić information content (AvgIpc) is 2.85. The molecule has 0 saturated carbocycles. The van der Waals surface area contributed by atoms with Gasteiger partial charge >= 0.3 is 6.03 Å². The molecule has 4 amide bonds. The van der Waals surface area contributed by atoms with Gasteiger partial charge in [-0.15, -0.1) is 0 Å². The van der Waals surface area contributed by atoms with Crippen molar-refractivity contribution in [2.75, 3.05) is 38.6 Å². The maximum atomic E-state index is 13.7. The summed E-state index contributed by atoms with van der Waals surface area (Å²) in [5.41, 5.74) is 0.851. The first kappa shape index (κ1) is 22.0. The van der Waals surface area contributed by atoms with Gasteiger partial charge in [0.25, 0.3) is 5.69 Å². The van der Waals surface area contributed by atoms with Crippen LogP contribution in [0.25, 0.3) is 0 Å². The summed E-state index contributed by atoms with van der Waals surface area (Å²) in [6.07, 6.45) is 0.00395. The SMILES string of the molecule is CN1C(=O)N(C)C(=O)C2(Cc3cc([N+](=O)[O-])ccc3N3CCN(Cc4ccccc4)CC32)C1=O. The van der Waals surface area contributed by atoms with Crippen LogP contribution in [0.5, 0.6) is 0 Å². The van der Waals surface area contributed by atoms with Crippen molar-refractivity contribution in [2.24, 2.45) is 5.41 Å². The number of carbonyl (C=O) groups is 3. The highest BCUT2D eigenvalue weighted by Crippen LogP contribution is 2.47. The average molecular weight is 463 g/mol. The van der Waals surface area contributed by atoms with Crippen molar-refractivity contribution in [3.8, 4) is 0 Å². The highest BCUT2D eigenvalue weighted by atomic mass is 16.6. The Morgan fingerprint density at radius 1 is 1.00 bits per heavy atom. The van der Waals surface area contributed by atoms with E-state index in [0.29, 0.717) is 31.7 Å². The van der Waals surface area contributed by atoms with E-state index in [1.54, 1.807) is 6.07 Å². The Hall–Kier alpha value is -3.79. The number of nitro groups is 1. The molecule has 1 unspecified atom stereocenters. The van der Waals surface area contributed by atoms with Crippen LogP contribution in [-0.4, -0.2) is 77.2 Å². The number of carbonyl (C=O) groups excluding carboxylic acids is 3. The lowest BCUT2D eigenvalue weighted by molar-refractivity contribution is -0.384. The van der Waals surface area contributed by atoms with E-state index in [1.807, 2.05) is 35.2 Å². The van der Waals surface area contributed by atoms with Gasteiger partial charge in [-0.25, -0.2) is 4.79 Å². The summed E-state index contributed by atoms with van der Waals surface area (Å²) in [6.45, 7) is 2.36. The van der Waals surface area contributed by atoms with E-state index in [-0.39, 0.29) is 12.1 Å². The fourth-order valence-electron chi connectivity index (χ4n) is 5.59. The number of piperazine rings is 1. The van der Waals surface area contributed by atoms with E-state index in [1.165, 1.54) is 26.2 Å². The van der Waals surface area contributed by atoms with Crippen LogP contribution in [0.15, 0.2) is 48.5 Å². The number of anilines is 1. The van der Waals surface area contributed by atoms with Crippen molar-refractivity contribution < 1.29 is 19.3 Å². The van der Waals surface area contributed by atoms with Gasteiger partial charge < -0.3 is 4.90 Å². The molecular formula is C24H25N5O5. The van der Waals surface area contributed by atoms with Gasteiger partial charge in [0.05, 0.1) is 11.0 Å². The van der Waals surface area contributed by atoms with E-state index < -0.39 is 34.2 Å². The second kappa shape index (κ2) is 7.91. The Kier molecular flexibility index (Phi) is 5.12. The van der Waals surface area contributed by atoms with Crippen LogP contribution in [-0.2, 0) is 22.6 Å². The number of urea groups is 1. The monoisotopic (exact) mass is 463 g/mol. The molecule has 2 aromatic carbocycles. The maximum absolute atomic E-state index is 13.7. The second-order valence-electron chi connectivity index (χ2n) is 9.16. The van der Waals surface area contributed by atoms with E-state index in [0.717, 1.165) is 21.1 Å². The summed E-state index contributed by atoms with van der Waals surface area (Å²) >= 11 is 0. The molecule has 34 heavy (non-hydrogen) atoms. The third kappa shape index (κ3) is 3.17. The number of imide groups is 2. The van der Waals surface area contributed by atoms with Gasteiger partial charge in [-0.2, -0.15) is 0 Å². The summed E-state index contributed by atoms with van der Waals surface area (Å²) in [5, 5.41) is 11.4. The molecule has 0 aliphatic carbocycles. The molecule has 0 bridgehead atoms. The summed E-state index contributed by atoms with van der Waals surface area (Å²) in [4.78, 5) is 57.1. The number of hydrogen-bond acceptors (Lipinski definition) is 7. The summed E-state index contributed by atoms with van der Waals surface area (Å²) < 4.78 is 0. The molecule has 10 nitrogen and oxygen atoms in total. The summed E-state index contributed by atoms with van der Waals surface area (Å²) in [7, 11) is 2.76. The number of hydrogen-bond donors (Lipinski definition) is 0. The smallest absolute Gasteiger partial charge is 0.332 e. The largest absolute Gasteiger partial charge is 0.364 e. The first-order chi connectivity index (χ1) is 16.2. The lowest BCUT2D eigenvalue weighted by Gasteiger charge is -2.56. The molecule has 0 radical (unpaired) electrons. The number of nitrogens with zero attached hydrogens (tertiary/aromatic N) is 5. The highest BCUT2D eigenvalue weighted by Gasteiger charge is 2.63. The Labute approximate surface area is 196 Å². The van der Waals surface area contributed by atoms with Gasteiger partial charge in [-0.1, -0.05) is 30.3 Å². The second-order valence-corrected chi connectivity index (χ2v) is 9.16. The fraction of sp³-hybridized carbons (Fsp3) is 0.375. The van der Waals surface area contributed by atoms with Crippen LogP contribution in [0.3, 0.4) is 0 Å². The van der Waals surface area contributed by atoms with E-state index in [4.69, 9.17) is 0 Å². The van der Waals surface area contributed by atoms with Gasteiger partial charge in [-0.3, -0.25) is 34.4 Å². The Bertz CT molecular complexity index is 1180. The number of nitro benzene ring substituents is 1. The van der Waals surface area contributed by atoms with Gasteiger partial charge in [0.2, 0.25) is 11.8 Å². The van der Waals surface area contributed by atoms with Gasteiger partial charge in [0.1, 0.15) is 0 Å². The zero-order valence-electron chi connectivity index (χ0n) is 19.0. The number of rotatable bonds is 3. The standard InChI is InChI=1S/C24H25N5O5/c1-25-21(30)24(22(31)26(2)23(25)32)13-17-12-18(29(33)34)8-9-19(17)28-11-10-27(15-20(24)28)14-16-6-4-3-5-7-16/h3-9,12,20H,10-11,13-15H2,1-2H3. The topological polar surface area (TPSA) is 107 Å². The Morgan fingerprint density at radius 2 is 1.68 bits per heavy atom. The number of non-ortho nitro benzene ring substituents is 1. The lowest BCUT2D eigenvalue weighted by atomic mass is 9.67. The van der Waals surface area contributed by atoms with Crippen LogP contribution < -0.4 is 4.90 Å². The van der Waals surface area contributed by atoms with Crippen molar-refractivity contribution >= 4 is 29.2 Å². The van der Waals surface area contributed by atoms with Crippen LogP contribution in [0, 0.1) is 15.5 Å². The Balaban J connectivity index is 1.61. The normalized spacial score (nSPS) is 22.1. The van der Waals surface area contributed by atoms with E-state index in [9.17, 15) is 24.5 Å². The minimum absolute atomic E-state index is 0.00395. The zero-order chi connectivity index (χ0) is 24.2. The summed E-state index contributed by atoms with van der Waals surface area (Å²) in [5.74, 6) is -1.12. The molecule has 5 rings (SSSR count). The van der Waals surface area contributed by atoms with Gasteiger partial charge in [0.15, 0.2) is 5.41 Å². The number of amides is 4. The molecule has 3 aliphatic heterocycles. The molecule has 2 aromatic rings. The van der Waals surface area contributed by atoms with Gasteiger partial charge in [-0.05, 0) is 17.2 Å². The Morgan fingerprint density at radius 3 is 2.32 bits per heavy atom. The third-order valence-electron chi connectivity index (χ3n) is 7.28. The predicted molar refractivity (Wildman–Crippen MR) is 123 cm³/mol. The molecule has 10 heteroatoms. The van der Waals surface area contributed by atoms with Crippen molar-refractivity contribution in [3.05, 3.63) is 69.8 Å². The lowest BCUT2D eigenvalue weighted by Crippen LogP contribution is -2.74. The van der Waals surface area contributed by atoms with Crippen LogP contribution in [0.2, 0.25) is 0 Å². The minimum Gasteiger partial charge on any atom is -0.364 e. The van der Waals surface area contributed by atoms with Crippen molar-refractivity contribution in [1.82, 2.24) is 14.7 Å². The van der Waals surface area contributed by atoms with Crippen molar-refractivity contribution in [1.29, 1.82) is 0 Å². The maximum Gasteiger partial charge on any atom is 0.332 e. The molecule has 3 heterocycles. The fourth-order valence-corrected chi connectivity index (χ4v) is 5.59. The van der Waals surface area contributed by atoms with Crippen LogP contribution >= 0.6 is 0 Å². The van der Waals surface area contributed by atoms with Crippen LogP contribution in [0.4, 0.5) is 16.2 Å². The molecular weight excluding hydrogens is 438 g/mol. The number of fused-ring (bicyclic) bond motifs is 4. The third-order valence-corrected chi connectivity index (χ3v) is 7.28. The predicted octanol–water partition coefficient (Wildman–Crippen LogP) is 1.88. The molecule has 0 aromatic heterocycles. The van der Waals surface area contributed by atoms with E-state index in [2.05, 4.69) is 4.90 Å². The minimum atomic E-state index is -1.55. The molecule has 3 aliphatic rings. The number of barbiturate groups is 1. The quantitative estimate of drug-likeness (QED) is 0.389. The van der Waals surface area contributed by atoms with E-state index >= 15 is 0 Å². The molecule has 1 spiro atoms. The van der Waals surface area contributed by atoms with Crippen LogP contribution in [0.1, 0.15) is 11.1 Å². The molecule has 2 fully saturated rings. The first-order valence-corrected chi connectivity index (χ1v) is 11.1. The molecule has 0 N–H and O–H groups in total. The first-order valence-electron chi connectivity index (χ1n) is 11.1. The zero-order valence-corrected chi connectivity index (χ0v) is 19.0.